The Balaban J connectivity index is 1.91. The smallest absolute Gasteiger partial charge is 0.255 e. The zero-order chi connectivity index (χ0) is 14.1. The second kappa shape index (κ2) is 5.54. The largest absolute Gasteiger partial charge is 0.334 e. The highest BCUT2D eigenvalue weighted by Gasteiger charge is 2.30. The number of fused-ring (bicyclic) bond motifs is 1. The molecule has 0 aliphatic carbocycles. The number of carbonyl (C=O) groups excluding carboxylic acids is 1. The zero-order valence-corrected chi connectivity index (χ0v) is 12.5. The summed E-state index contributed by atoms with van der Waals surface area (Å²) in [6.07, 6.45) is 2.09. The molecule has 0 saturated carbocycles. The number of piperidine rings is 1. The molecule has 2 unspecified atom stereocenters. The first-order valence-electron chi connectivity index (χ1n) is 7.18. The van der Waals surface area contributed by atoms with Gasteiger partial charge in [-0.3, -0.25) is 4.79 Å². The number of amides is 1. The van der Waals surface area contributed by atoms with Crippen molar-refractivity contribution in [2.75, 3.05) is 13.1 Å². The number of thiophene rings is 1. The van der Waals surface area contributed by atoms with E-state index >= 15 is 0 Å². The molecule has 1 aliphatic heterocycles. The average molecular weight is 288 g/mol. The van der Waals surface area contributed by atoms with Crippen molar-refractivity contribution >= 4 is 27.3 Å². The van der Waals surface area contributed by atoms with Crippen molar-refractivity contribution in [1.29, 1.82) is 0 Å². The van der Waals surface area contributed by atoms with E-state index < -0.39 is 0 Å². The van der Waals surface area contributed by atoms with Gasteiger partial charge in [0.05, 0.1) is 5.56 Å². The maximum atomic E-state index is 12.8. The Hall–Kier alpha value is -1.39. The molecular weight excluding hydrogens is 268 g/mol. The van der Waals surface area contributed by atoms with E-state index in [1.165, 1.54) is 4.70 Å². The molecule has 4 heteroatoms. The number of hydrogen-bond donors (Lipinski definition) is 1. The molecule has 2 heterocycles. The standard InChI is InChI=1S/C16H20N2OS/c1-11-6-7-18(12(8-11)9-17)16(19)14-10-20-15-5-3-2-4-13(14)15/h2-5,10-12H,6-9,17H2,1H3. The number of nitrogens with two attached hydrogens (primary N) is 1. The molecule has 1 aromatic carbocycles. The summed E-state index contributed by atoms with van der Waals surface area (Å²) in [6.45, 7) is 3.62. The van der Waals surface area contributed by atoms with Crippen LogP contribution in [0.15, 0.2) is 29.6 Å². The third kappa shape index (κ3) is 2.34. The van der Waals surface area contributed by atoms with Gasteiger partial charge in [-0.2, -0.15) is 0 Å². The summed E-state index contributed by atoms with van der Waals surface area (Å²) < 4.78 is 1.17. The van der Waals surface area contributed by atoms with Gasteiger partial charge in [-0.25, -0.2) is 0 Å². The van der Waals surface area contributed by atoms with Crippen LogP contribution in [0.4, 0.5) is 0 Å². The zero-order valence-electron chi connectivity index (χ0n) is 11.7. The second-order valence-corrected chi connectivity index (χ2v) is 6.57. The highest BCUT2D eigenvalue weighted by Crippen LogP contribution is 2.29. The van der Waals surface area contributed by atoms with E-state index in [-0.39, 0.29) is 11.9 Å². The fraction of sp³-hybridized carbons (Fsp3) is 0.438. The van der Waals surface area contributed by atoms with Crippen molar-refractivity contribution < 1.29 is 4.79 Å². The SMILES string of the molecule is CC1CCN(C(=O)c2csc3ccccc23)C(CN)C1. The van der Waals surface area contributed by atoms with Crippen molar-refractivity contribution in [3.05, 3.63) is 35.2 Å². The van der Waals surface area contributed by atoms with E-state index in [0.29, 0.717) is 12.5 Å². The molecular formula is C16H20N2OS. The fourth-order valence-corrected chi connectivity index (χ4v) is 3.98. The molecule has 3 nitrogen and oxygen atoms in total. The quantitative estimate of drug-likeness (QED) is 0.923. The highest BCUT2D eigenvalue weighted by molar-refractivity contribution is 7.17. The van der Waals surface area contributed by atoms with Crippen LogP contribution in [-0.4, -0.2) is 29.9 Å². The number of benzene rings is 1. The van der Waals surface area contributed by atoms with Gasteiger partial charge in [-0.15, -0.1) is 11.3 Å². The third-order valence-electron chi connectivity index (χ3n) is 4.22. The van der Waals surface area contributed by atoms with Crippen LogP contribution in [0.1, 0.15) is 30.1 Å². The predicted octanol–water partition coefficient (Wildman–Crippen LogP) is 3.10. The van der Waals surface area contributed by atoms with Crippen LogP contribution >= 0.6 is 11.3 Å². The molecule has 1 amide bonds. The van der Waals surface area contributed by atoms with Crippen molar-refractivity contribution in [3.8, 4) is 0 Å². The van der Waals surface area contributed by atoms with Gasteiger partial charge in [-0.05, 0) is 24.8 Å². The predicted molar refractivity (Wildman–Crippen MR) is 84.1 cm³/mol. The van der Waals surface area contributed by atoms with Crippen molar-refractivity contribution in [2.45, 2.75) is 25.8 Å². The Morgan fingerprint density at radius 1 is 1.45 bits per heavy atom. The third-order valence-corrected chi connectivity index (χ3v) is 5.19. The van der Waals surface area contributed by atoms with Crippen molar-refractivity contribution in [3.63, 3.8) is 0 Å². The molecule has 2 atom stereocenters. The molecule has 1 aliphatic rings. The number of likely N-dealkylation sites (tertiary alicyclic amines) is 1. The molecule has 2 aromatic rings. The minimum Gasteiger partial charge on any atom is -0.334 e. The minimum atomic E-state index is 0.143. The number of nitrogens with zero attached hydrogens (tertiary/aromatic N) is 1. The Bertz CT molecular complexity index is 622. The first-order valence-corrected chi connectivity index (χ1v) is 8.06. The van der Waals surface area contributed by atoms with Gasteiger partial charge in [0.25, 0.3) is 5.91 Å². The van der Waals surface area contributed by atoms with Gasteiger partial charge in [0, 0.05) is 34.6 Å². The molecule has 3 rings (SSSR count). The van der Waals surface area contributed by atoms with Gasteiger partial charge in [0.2, 0.25) is 0 Å². The normalized spacial score (nSPS) is 23.2. The summed E-state index contributed by atoms with van der Waals surface area (Å²) in [6, 6.07) is 8.28. The molecule has 106 valence electrons. The van der Waals surface area contributed by atoms with Crippen LogP contribution in [0.5, 0.6) is 0 Å². The lowest BCUT2D eigenvalue weighted by molar-refractivity contribution is 0.0576. The monoisotopic (exact) mass is 288 g/mol. The van der Waals surface area contributed by atoms with Gasteiger partial charge in [-0.1, -0.05) is 25.1 Å². The Morgan fingerprint density at radius 2 is 2.25 bits per heavy atom. The van der Waals surface area contributed by atoms with Crippen LogP contribution in [0.25, 0.3) is 10.1 Å². The van der Waals surface area contributed by atoms with Crippen LogP contribution in [0, 0.1) is 5.92 Å². The topological polar surface area (TPSA) is 46.3 Å². The number of rotatable bonds is 2. The molecule has 1 aromatic heterocycles. The summed E-state index contributed by atoms with van der Waals surface area (Å²) >= 11 is 1.64. The lowest BCUT2D eigenvalue weighted by Gasteiger charge is -2.38. The van der Waals surface area contributed by atoms with Crippen LogP contribution < -0.4 is 5.73 Å². The molecule has 20 heavy (non-hydrogen) atoms. The summed E-state index contributed by atoms with van der Waals surface area (Å²) in [7, 11) is 0. The molecule has 2 N–H and O–H groups in total. The Kier molecular flexibility index (Phi) is 3.76. The highest BCUT2D eigenvalue weighted by atomic mass is 32.1. The first-order chi connectivity index (χ1) is 9.70. The van der Waals surface area contributed by atoms with E-state index in [1.807, 2.05) is 28.5 Å². The van der Waals surface area contributed by atoms with Crippen molar-refractivity contribution in [2.24, 2.45) is 11.7 Å². The van der Waals surface area contributed by atoms with E-state index in [2.05, 4.69) is 13.0 Å². The minimum absolute atomic E-state index is 0.143. The van der Waals surface area contributed by atoms with Crippen LogP contribution in [0.2, 0.25) is 0 Å². The maximum Gasteiger partial charge on any atom is 0.255 e. The maximum absolute atomic E-state index is 12.8. The number of hydrogen-bond acceptors (Lipinski definition) is 3. The second-order valence-electron chi connectivity index (χ2n) is 5.66. The van der Waals surface area contributed by atoms with Crippen molar-refractivity contribution in [1.82, 2.24) is 4.90 Å². The lowest BCUT2D eigenvalue weighted by Crippen LogP contribution is -2.49. The van der Waals surface area contributed by atoms with E-state index in [0.717, 1.165) is 30.3 Å². The van der Waals surface area contributed by atoms with Gasteiger partial charge >= 0.3 is 0 Å². The van der Waals surface area contributed by atoms with E-state index in [1.54, 1.807) is 11.3 Å². The summed E-state index contributed by atoms with van der Waals surface area (Å²) in [4.78, 5) is 14.8. The first kappa shape index (κ1) is 13.6. The molecule has 1 saturated heterocycles. The molecule has 0 bridgehead atoms. The Morgan fingerprint density at radius 3 is 3.05 bits per heavy atom. The van der Waals surface area contributed by atoms with E-state index in [9.17, 15) is 4.79 Å². The lowest BCUT2D eigenvalue weighted by atomic mass is 9.92. The summed E-state index contributed by atoms with van der Waals surface area (Å²) in [5, 5.41) is 3.05. The molecule has 0 radical (unpaired) electrons. The number of carbonyl (C=O) groups is 1. The average Bonchev–Trinajstić information content (AvgIpc) is 2.90. The molecule has 1 fully saturated rings. The van der Waals surface area contributed by atoms with Crippen LogP contribution in [0.3, 0.4) is 0 Å². The summed E-state index contributed by atoms with van der Waals surface area (Å²) in [5.74, 6) is 0.802. The molecule has 0 spiro atoms. The van der Waals surface area contributed by atoms with Gasteiger partial charge < -0.3 is 10.6 Å². The summed E-state index contributed by atoms with van der Waals surface area (Å²) in [5.41, 5.74) is 6.70. The van der Waals surface area contributed by atoms with E-state index in [4.69, 9.17) is 5.73 Å². The van der Waals surface area contributed by atoms with Crippen LogP contribution in [-0.2, 0) is 0 Å². The van der Waals surface area contributed by atoms with Gasteiger partial charge in [0.15, 0.2) is 0 Å². The van der Waals surface area contributed by atoms with Gasteiger partial charge in [0.1, 0.15) is 0 Å². The Labute approximate surface area is 123 Å². The fourth-order valence-electron chi connectivity index (χ4n) is 3.04.